The molecule has 1 aromatic heterocycles. The highest BCUT2D eigenvalue weighted by atomic mass is 32.1. The minimum atomic E-state index is -4.40. The Morgan fingerprint density at radius 1 is 1.44 bits per heavy atom. The van der Waals surface area contributed by atoms with Crippen LogP contribution in [0, 0.1) is 5.92 Å². The lowest BCUT2D eigenvalue weighted by atomic mass is 10.0. The Hall–Kier alpha value is -1.35. The first kappa shape index (κ1) is 20.0. The highest BCUT2D eigenvalue weighted by molar-refractivity contribution is 7.09. The number of guanidine groups is 1. The first-order valence-corrected chi connectivity index (χ1v) is 9.52. The third kappa shape index (κ3) is 6.81. The summed E-state index contributed by atoms with van der Waals surface area (Å²) in [6.07, 6.45) is -1.87. The fourth-order valence-corrected chi connectivity index (χ4v) is 3.55. The molecule has 1 unspecified atom stereocenters. The van der Waals surface area contributed by atoms with E-state index in [1.807, 2.05) is 6.92 Å². The van der Waals surface area contributed by atoms with Crippen molar-refractivity contribution in [1.29, 1.82) is 0 Å². The van der Waals surface area contributed by atoms with Crippen molar-refractivity contribution in [3.63, 3.8) is 0 Å². The van der Waals surface area contributed by atoms with E-state index in [0.717, 1.165) is 48.8 Å². The Balaban J connectivity index is 1.82. The molecule has 2 rings (SSSR count). The molecule has 1 fully saturated rings. The van der Waals surface area contributed by atoms with E-state index < -0.39 is 11.9 Å². The summed E-state index contributed by atoms with van der Waals surface area (Å²) < 4.78 is 37.7. The molecule has 25 heavy (non-hydrogen) atoms. The van der Waals surface area contributed by atoms with Crippen molar-refractivity contribution in [3.8, 4) is 0 Å². The molecular weight excluding hydrogens is 351 g/mol. The number of piperidine rings is 1. The van der Waals surface area contributed by atoms with Crippen LogP contribution >= 0.6 is 11.3 Å². The minimum Gasteiger partial charge on any atom is -0.357 e. The van der Waals surface area contributed by atoms with Gasteiger partial charge in [0.1, 0.15) is 5.01 Å². The molecule has 0 aromatic carbocycles. The molecule has 0 aliphatic carbocycles. The van der Waals surface area contributed by atoms with Gasteiger partial charge in [0.15, 0.2) is 11.7 Å². The van der Waals surface area contributed by atoms with Crippen LogP contribution in [-0.4, -0.2) is 48.6 Å². The van der Waals surface area contributed by atoms with Gasteiger partial charge in [-0.25, -0.2) is 9.98 Å². The van der Waals surface area contributed by atoms with Crippen LogP contribution in [0.5, 0.6) is 0 Å². The molecule has 0 amide bonds. The van der Waals surface area contributed by atoms with Crippen molar-refractivity contribution >= 4 is 17.3 Å². The highest BCUT2D eigenvalue weighted by Gasteiger charge is 2.33. The van der Waals surface area contributed by atoms with Crippen LogP contribution in [-0.2, 0) is 12.7 Å². The van der Waals surface area contributed by atoms with Gasteiger partial charge in [0.25, 0.3) is 0 Å². The summed E-state index contributed by atoms with van der Waals surface area (Å²) in [6.45, 7) is 8.99. The zero-order valence-electron chi connectivity index (χ0n) is 14.7. The molecule has 142 valence electrons. The van der Waals surface area contributed by atoms with Gasteiger partial charge in [-0.2, -0.15) is 13.2 Å². The molecule has 5 nitrogen and oxygen atoms in total. The second kappa shape index (κ2) is 9.38. The number of nitrogens with one attached hydrogen (secondary N) is 2. The van der Waals surface area contributed by atoms with Crippen molar-refractivity contribution in [2.45, 2.75) is 39.4 Å². The van der Waals surface area contributed by atoms with Crippen molar-refractivity contribution < 1.29 is 13.2 Å². The van der Waals surface area contributed by atoms with Gasteiger partial charge in [0, 0.05) is 31.6 Å². The van der Waals surface area contributed by atoms with Gasteiger partial charge in [0.2, 0.25) is 0 Å². The first-order valence-electron chi connectivity index (χ1n) is 8.64. The lowest BCUT2D eigenvalue weighted by Gasteiger charge is -2.30. The molecule has 1 aliphatic rings. The maximum Gasteiger partial charge on any atom is 0.434 e. The van der Waals surface area contributed by atoms with Crippen LogP contribution in [0.1, 0.15) is 37.4 Å². The Morgan fingerprint density at radius 3 is 2.88 bits per heavy atom. The van der Waals surface area contributed by atoms with Crippen molar-refractivity contribution in [1.82, 2.24) is 20.5 Å². The number of likely N-dealkylation sites (tertiary alicyclic amines) is 1. The van der Waals surface area contributed by atoms with Crippen LogP contribution in [0.15, 0.2) is 10.4 Å². The van der Waals surface area contributed by atoms with Gasteiger partial charge in [-0.05, 0) is 32.2 Å². The largest absolute Gasteiger partial charge is 0.434 e. The quantitative estimate of drug-likeness (QED) is 0.591. The fourth-order valence-electron chi connectivity index (χ4n) is 2.82. The molecule has 9 heteroatoms. The number of halogens is 3. The van der Waals surface area contributed by atoms with E-state index in [4.69, 9.17) is 0 Å². The van der Waals surface area contributed by atoms with Crippen LogP contribution in [0.2, 0.25) is 0 Å². The molecule has 1 aliphatic heterocycles. The molecule has 1 saturated heterocycles. The summed E-state index contributed by atoms with van der Waals surface area (Å²) in [7, 11) is 0. The SMILES string of the molecule is CCNC(=NCc1nc(C(F)(F)F)cs1)NCCN1CCCC(C)C1. The first-order chi connectivity index (χ1) is 11.9. The standard InChI is InChI=1S/C16H26F3N5S/c1-3-20-15(21-6-8-24-7-4-5-12(2)10-24)22-9-14-23-13(11-25-14)16(17,18)19/h11-12H,3-10H2,1-2H3,(H2,20,21,22). The number of hydrogen-bond donors (Lipinski definition) is 2. The Bertz CT molecular complexity index is 558. The van der Waals surface area contributed by atoms with E-state index in [9.17, 15) is 13.2 Å². The lowest BCUT2D eigenvalue weighted by Crippen LogP contribution is -2.43. The number of aromatic nitrogens is 1. The van der Waals surface area contributed by atoms with E-state index in [0.29, 0.717) is 17.5 Å². The number of thiazole rings is 1. The van der Waals surface area contributed by atoms with Crippen LogP contribution in [0.25, 0.3) is 0 Å². The number of hydrogen-bond acceptors (Lipinski definition) is 4. The van der Waals surface area contributed by atoms with Crippen LogP contribution in [0.3, 0.4) is 0 Å². The summed E-state index contributed by atoms with van der Waals surface area (Å²) in [5.41, 5.74) is -0.847. The summed E-state index contributed by atoms with van der Waals surface area (Å²) in [5.74, 6) is 1.35. The van der Waals surface area contributed by atoms with Gasteiger partial charge >= 0.3 is 6.18 Å². The normalized spacial score (nSPS) is 19.9. The molecule has 0 radical (unpaired) electrons. The van der Waals surface area contributed by atoms with Gasteiger partial charge in [-0.3, -0.25) is 0 Å². The third-order valence-corrected chi connectivity index (χ3v) is 4.85. The molecule has 1 aromatic rings. The fraction of sp³-hybridized carbons (Fsp3) is 0.750. The average molecular weight is 377 g/mol. The number of rotatable bonds is 6. The topological polar surface area (TPSA) is 52.6 Å². The summed E-state index contributed by atoms with van der Waals surface area (Å²) in [4.78, 5) is 10.4. The highest BCUT2D eigenvalue weighted by Crippen LogP contribution is 2.30. The van der Waals surface area contributed by atoms with Gasteiger partial charge in [-0.15, -0.1) is 11.3 Å². The number of nitrogens with zero attached hydrogens (tertiary/aromatic N) is 3. The van der Waals surface area contributed by atoms with Gasteiger partial charge < -0.3 is 15.5 Å². The Kier molecular flexibility index (Phi) is 7.49. The second-order valence-corrected chi connectivity index (χ2v) is 7.24. The molecular formula is C16H26F3N5S. The average Bonchev–Trinajstić information content (AvgIpc) is 3.02. The Morgan fingerprint density at radius 2 is 2.24 bits per heavy atom. The molecule has 0 bridgehead atoms. The van der Waals surface area contributed by atoms with E-state index in [1.54, 1.807) is 0 Å². The molecule has 2 heterocycles. The molecule has 0 spiro atoms. The van der Waals surface area contributed by atoms with E-state index in [1.165, 1.54) is 12.8 Å². The minimum absolute atomic E-state index is 0.136. The number of aliphatic imine (C=N–C) groups is 1. The maximum absolute atomic E-state index is 12.6. The predicted octanol–water partition coefficient (Wildman–Crippen LogP) is 2.95. The maximum atomic E-state index is 12.6. The van der Waals surface area contributed by atoms with E-state index in [-0.39, 0.29) is 6.54 Å². The summed E-state index contributed by atoms with van der Waals surface area (Å²) in [5, 5.41) is 7.74. The Labute approximate surface area is 150 Å². The van der Waals surface area contributed by atoms with Crippen molar-refractivity contribution in [2.24, 2.45) is 10.9 Å². The smallest absolute Gasteiger partial charge is 0.357 e. The molecule has 0 saturated carbocycles. The molecule has 2 N–H and O–H groups in total. The second-order valence-electron chi connectivity index (χ2n) is 6.29. The van der Waals surface area contributed by atoms with E-state index >= 15 is 0 Å². The van der Waals surface area contributed by atoms with E-state index in [2.05, 4.69) is 32.4 Å². The van der Waals surface area contributed by atoms with Crippen LogP contribution in [0.4, 0.5) is 13.2 Å². The molecule has 1 atom stereocenters. The third-order valence-electron chi connectivity index (χ3n) is 4.02. The summed E-state index contributed by atoms with van der Waals surface area (Å²) >= 11 is 0.981. The van der Waals surface area contributed by atoms with Crippen molar-refractivity contribution in [3.05, 3.63) is 16.1 Å². The van der Waals surface area contributed by atoms with Gasteiger partial charge in [0.05, 0.1) is 6.54 Å². The van der Waals surface area contributed by atoms with Gasteiger partial charge in [-0.1, -0.05) is 6.92 Å². The zero-order valence-corrected chi connectivity index (χ0v) is 15.5. The zero-order chi connectivity index (χ0) is 18.3. The van der Waals surface area contributed by atoms with Crippen LogP contribution < -0.4 is 10.6 Å². The summed E-state index contributed by atoms with van der Waals surface area (Å²) in [6, 6.07) is 0. The predicted molar refractivity (Wildman–Crippen MR) is 94.8 cm³/mol. The van der Waals surface area contributed by atoms with Crippen molar-refractivity contribution in [2.75, 3.05) is 32.7 Å². The lowest BCUT2D eigenvalue weighted by molar-refractivity contribution is -0.140. The monoisotopic (exact) mass is 377 g/mol. The number of alkyl halides is 3.